The Kier molecular flexibility index (Phi) is 31.1. The highest BCUT2D eigenvalue weighted by atomic mass is 31.2. The van der Waals surface area contributed by atoms with E-state index in [9.17, 15) is 18.9 Å². The lowest BCUT2D eigenvalue weighted by Gasteiger charge is -2.18. The Bertz CT molecular complexity index is 923. The van der Waals surface area contributed by atoms with Gasteiger partial charge in [-0.05, 0) is 63.9 Å². The minimum absolute atomic E-state index is 0.110. The summed E-state index contributed by atoms with van der Waals surface area (Å²) in [7, 11) is -4.78. The van der Waals surface area contributed by atoms with Crippen LogP contribution in [0.1, 0.15) is 162 Å². The Morgan fingerprint density at radius 3 is 1.70 bits per heavy atom. The molecule has 0 bridgehead atoms. The number of allylic oxidation sites excluding steroid dienone is 6. The van der Waals surface area contributed by atoms with E-state index in [0.717, 1.165) is 70.6 Å². The van der Waals surface area contributed by atoms with Crippen molar-refractivity contribution in [2.75, 3.05) is 13.2 Å². The van der Waals surface area contributed by atoms with Crippen molar-refractivity contribution < 1.29 is 42.7 Å². The first kappa shape index (κ1) is 44.9. The van der Waals surface area contributed by atoms with E-state index in [1.54, 1.807) is 12.2 Å². The fourth-order valence-electron chi connectivity index (χ4n) is 4.82. The van der Waals surface area contributed by atoms with Crippen LogP contribution in [0.25, 0.3) is 0 Å². The van der Waals surface area contributed by atoms with Gasteiger partial charge in [0.05, 0.1) is 6.61 Å². The molecule has 0 radical (unpaired) electrons. The van der Waals surface area contributed by atoms with Gasteiger partial charge in [-0.15, -0.1) is 0 Å². The Morgan fingerprint density at radius 1 is 0.596 bits per heavy atom. The normalized spacial score (nSPS) is 12.8. The summed E-state index contributed by atoms with van der Waals surface area (Å²) < 4.78 is 26.2. The molecule has 0 aromatic rings. The van der Waals surface area contributed by atoms with Crippen molar-refractivity contribution in [1.29, 1.82) is 0 Å². The molecule has 0 saturated heterocycles. The zero-order valence-electron chi connectivity index (χ0n) is 29.4. The number of esters is 2. The quantitative estimate of drug-likeness (QED) is 0.0173. The summed E-state index contributed by atoms with van der Waals surface area (Å²) >= 11 is 0. The average Bonchev–Trinajstić information content (AvgIpc) is 3.03. The molecule has 2 N–H and O–H groups in total. The van der Waals surface area contributed by atoms with Gasteiger partial charge in [0, 0.05) is 19.3 Å². The smallest absolute Gasteiger partial charge is 0.462 e. The number of unbranched alkanes of at least 4 members (excludes halogenated alkanes) is 16. The molecule has 0 aromatic carbocycles. The van der Waals surface area contributed by atoms with E-state index in [4.69, 9.17) is 19.3 Å². The third-order valence-electron chi connectivity index (χ3n) is 7.61. The summed E-state index contributed by atoms with van der Waals surface area (Å²) in [6.45, 7) is 3.49. The monoisotopic (exact) mass is 684 g/mol. The van der Waals surface area contributed by atoms with Gasteiger partial charge in [0.25, 0.3) is 0 Å². The molecule has 0 rings (SSSR count). The van der Waals surface area contributed by atoms with Crippen LogP contribution in [0.4, 0.5) is 0 Å². The van der Waals surface area contributed by atoms with Gasteiger partial charge in [-0.25, -0.2) is 4.57 Å². The lowest BCUT2D eigenvalue weighted by Crippen LogP contribution is -2.29. The topological polar surface area (TPSA) is 136 Å². The molecular weight excluding hydrogens is 619 g/mol. The number of carbonyl (C=O) groups excluding carboxylic acids is 3. The van der Waals surface area contributed by atoms with Crippen LogP contribution in [-0.4, -0.2) is 46.8 Å². The molecule has 0 aliphatic carbocycles. The van der Waals surface area contributed by atoms with Gasteiger partial charge in [-0.1, -0.05) is 115 Å². The minimum Gasteiger partial charge on any atom is -0.462 e. The molecule has 272 valence electrons. The van der Waals surface area contributed by atoms with Crippen LogP contribution in [-0.2, 0) is 32.9 Å². The number of phosphoric acid groups is 1. The van der Waals surface area contributed by atoms with E-state index in [1.165, 1.54) is 44.9 Å². The highest BCUT2D eigenvalue weighted by Gasteiger charge is 2.22. The number of ketones is 1. The molecule has 0 fully saturated rings. The molecule has 0 spiro atoms. The lowest BCUT2D eigenvalue weighted by molar-refractivity contribution is -0.161. The number of hydrogen-bond donors (Lipinski definition) is 2. The van der Waals surface area contributed by atoms with Crippen molar-refractivity contribution in [3.63, 3.8) is 0 Å². The van der Waals surface area contributed by atoms with E-state index in [1.807, 2.05) is 6.08 Å². The first-order chi connectivity index (χ1) is 22.7. The molecule has 0 unspecified atom stereocenters. The van der Waals surface area contributed by atoms with Crippen molar-refractivity contribution >= 4 is 25.5 Å². The highest BCUT2D eigenvalue weighted by molar-refractivity contribution is 7.46. The summed E-state index contributed by atoms with van der Waals surface area (Å²) in [5, 5.41) is 0. The number of phosphoric ester groups is 1. The van der Waals surface area contributed by atoms with Crippen LogP contribution >= 0.6 is 7.82 Å². The maximum atomic E-state index is 12.3. The molecule has 0 aliphatic rings. The molecule has 0 aromatic heterocycles. The summed E-state index contributed by atoms with van der Waals surface area (Å²) in [5.41, 5.74) is 0. The molecule has 47 heavy (non-hydrogen) atoms. The van der Waals surface area contributed by atoms with Gasteiger partial charge in [-0.2, -0.15) is 0 Å². The predicted molar refractivity (Wildman–Crippen MR) is 189 cm³/mol. The molecule has 0 aliphatic heterocycles. The van der Waals surface area contributed by atoms with Crippen molar-refractivity contribution in [2.45, 2.75) is 168 Å². The molecule has 0 heterocycles. The van der Waals surface area contributed by atoms with E-state index < -0.39 is 32.5 Å². The summed E-state index contributed by atoms with van der Waals surface area (Å²) in [4.78, 5) is 54.6. The molecule has 10 heteroatoms. The SMILES string of the molecule is CCCCC/C=C\C=C\C(=O)CCCCCCCC(=O)O[C@H](COC(=O)CCCCCCC/C=C\CCCCCC)COP(=O)(O)O. The fraction of sp³-hybridized carbons (Fsp3) is 0.757. The lowest BCUT2D eigenvalue weighted by atomic mass is 10.1. The van der Waals surface area contributed by atoms with Gasteiger partial charge in [0.2, 0.25) is 0 Å². The average molecular weight is 685 g/mol. The van der Waals surface area contributed by atoms with Crippen LogP contribution in [0.5, 0.6) is 0 Å². The van der Waals surface area contributed by atoms with Crippen molar-refractivity contribution in [1.82, 2.24) is 0 Å². The van der Waals surface area contributed by atoms with Crippen molar-refractivity contribution in [3.8, 4) is 0 Å². The van der Waals surface area contributed by atoms with Crippen molar-refractivity contribution in [3.05, 3.63) is 36.5 Å². The van der Waals surface area contributed by atoms with Gasteiger partial charge in [-0.3, -0.25) is 18.9 Å². The maximum absolute atomic E-state index is 12.3. The van der Waals surface area contributed by atoms with E-state index in [0.29, 0.717) is 19.3 Å². The van der Waals surface area contributed by atoms with Gasteiger partial charge < -0.3 is 19.3 Å². The van der Waals surface area contributed by atoms with Gasteiger partial charge in [0.1, 0.15) is 6.61 Å². The molecule has 1 atom stereocenters. The molecule has 0 saturated carbocycles. The minimum atomic E-state index is -4.78. The molecular formula is C37H65O9P. The van der Waals surface area contributed by atoms with Crippen LogP contribution < -0.4 is 0 Å². The van der Waals surface area contributed by atoms with E-state index >= 15 is 0 Å². The van der Waals surface area contributed by atoms with E-state index in [-0.39, 0.29) is 25.2 Å². The van der Waals surface area contributed by atoms with Gasteiger partial charge >= 0.3 is 19.8 Å². The maximum Gasteiger partial charge on any atom is 0.469 e. The number of carbonyl (C=O) groups is 3. The van der Waals surface area contributed by atoms with Crippen LogP contribution in [0, 0.1) is 0 Å². The van der Waals surface area contributed by atoms with Gasteiger partial charge in [0.15, 0.2) is 11.9 Å². The second-order valence-corrected chi connectivity index (χ2v) is 13.5. The first-order valence-corrected chi connectivity index (χ1v) is 19.8. The zero-order chi connectivity index (χ0) is 34.9. The van der Waals surface area contributed by atoms with Crippen LogP contribution in [0.15, 0.2) is 36.5 Å². The first-order valence-electron chi connectivity index (χ1n) is 18.2. The fourth-order valence-corrected chi connectivity index (χ4v) is 5.18. The summed E-state index contributed by atoms with van der Waals surface area (Å²) in [5.74, 6) is -0.880. The highest BCUT2D eigenvalue weighted by Crippen LogP contribution is 2.36. The second kappa shape index (κ2) is 32.5. The zero-order valence-corrected chi connectivity index (χ0v) is 30.3. The predicted octanol–water partition coefficient (Wildman–Crippen LogP) is 9.80. The van der Waals surface area contributed by atoms with Crippen molar-refractivity contribution in [2.24, 2.45) is 0 Å². The summed E-state index contributed by atoms with van der Waals surface area (Å²) in [6.07, 6.45) is 32.6. The molecule has 0 amide bonds. The second-order valence-electron chi connectivity index (χ2n) is 12.2. The summed E-state index contributed by atoms with van der Waals surface area (Å²) in [6, 6.07) is 0. The third-order valence-corrected chi connectivity index (χ3v) is 8.09. The molecule has 9 nitrogen and oxygen atoms in total. The van der Waals surface area contributed by atoms with E-state index in [2.05, 4.69) is 36.6 Å². The number of hydrogen-bond acceptors (Lipinski definition) is 7. The largest absolute Gasteiger partial charge is 0.469 e. The Morgan fingerprint density at radius 2 is 1.09 bits per heavy atom. The standard InChI is InChI=1S/C37H65O9P/c1-3-5-7-9-11-12-13-14-15-16-18-22-26-30-36(39)44-32-35(33-45-47(41,42)43)46-37(40)31-27-23-19-21-25-29-34(38)28-24-20-17-10-8-6-4-2/h12-13,17,20,24,28,35H,3-11,14-16,18-19,21-23,25-27,29-33H2,1-2H3,(H2,41,42,43)/b13-12-,20-17-,28-24+/t35-/m1/s1. The van der Waals surface area contributed by atoms with Crippen LogP contribution in [0.3, 0.4) is 0 Å². The Balaban J connectivity index is 4.10. The third kappa shape index (κ3) is 35.1. The number of ether oxygens (including phenoxy) is 2. The Labute approximate surface area is 285 Å². The number of rotatable bonds is 33. The Hall–Kier alpha value is -2.06. The van der Waals surface area contributed by atoms with Crippen LogP contribution in [0.2, 0.25) is 0 Å².